The van der Waals surface area contributed by atoms with Gasteiger partial charge >= 0.3 is 29.0 Å². The van der Waals surface area contributed by atoms with Crippen LogP contribution in [0.25, 0.3) is 0 Å². The zero-order chi connectivity index (χ0) is 15.4. The smallest absolute Gasteiger partial charge is 0.479 e. The molecule has 2 fully saturated rings. The molecule has 22 heavy (non-hydrogen) atoms. The number of carboxylic acid groups (broad SMARTS) is 1. The summed E-state index contributed by atoms with van der Waals surface area (Å²) in [5.74, 6) is -1.80. The molecule has 0 spiro atoms. The number of amides is 1. The molecule has 3 rings (SSSR count). The van der Waals surface area contributed by atoms with E-state index in [-0.39, 0.29) is 40.9 Å². The van der Waals surface area contributed by atoms with Crippen LogP contribution in [0.2, 0.25) is 0 Å². The van der Waals surface area contributed by atoms with E-state index in [1.54, 1.807) is 6.20 Å². The number of fused-ring (bicyclic) bond motifs is 1. The number of carbonyl (C=O) groups is 2. The fourth-order valence-electron chi connectivity index (χ4n) is 2.74. The summed E-state index contributed by atoms with van der Waals surface area (Å²) in [5, 5.41) is 15.6. The molecule has 0 saturated carbocycles. The average molecular weight is 337 g/mol. The van der Waals surface area contributed by atoms with Crippen LogP contribution in [0.3, 0.4) is 0 Å². The number of aromatic nitrogens is 3. The molecular formula is C11H12MgN4O5S+2. The molecule has 0 bridgehead atoms. The Morgan fingerprint density at radius 3 is 2.68 bits per heavy atom. The van der Waals surface area contributed by atoms with E-state index in [2.05, 4.69) is 10.3 Å². The van der Waals surface area contributed by atoms with Crippen molar-refractivity contribution in [3.05, 3.63) is 22.9 Å². The summed E-state index contributed by atoms with van der Waals surface area (Å²) in [6, 6.07) is -1.44. The molecule has 9 nitrogen and oxygen atoms in total. The van der Waals surface area contributed by atoms with Gasteiger partial charge in [0, 0.05) is 6.20 Å². The molecule has 1 amide bonds. The van der Waals surface area contributed by atoms with E-state index in [1.807, 2.05) is 0 Å². The molecule has 11 heteroatoms. The van der Waals surface area contributed by atoms with Crippen LogP contribution >= 0.6 is 0 Å². The van der Waals surface area contributed by atoms with E-state index in [4.69, 9.17) is 0 Å². The van der Waals surface area contributed by atoms with Gasteiger partial charge in [0.25, 0.3) is 0 Å². The van der Waals surface area contributed by atoms with Crippen LogP contribution in [-0.2, 0) is 26.0 Å². The van der Waals surface area contributed by atoms with E-state index in [1.165, 1.54) is 17.8 Å². The molecule has 1 aromatic rings. The van der Waals surface area contributed by atoms with Crippen molar-refractivity contribution in [2.45, 2.75) is 31.3 Å². The summed E-state index contributed by atoms with van der Waals surface area (Å²) < 4.78 is 26.2. The fourth-order valence-corrected chi connectivity index (χ4v) is 5.01. The number of nitrogens with zero attached hydrogens (tertiary/aromatic N) is 4. The number of hydrogen-bond donors (Lipinski definition) is 1. The maximum atomic E-state index is 12.4. The second kappa shape index (κ2) is 5.63. The first kappa shape index (κ1) is 16.9. The number of carboxylic acids is 1. The van der Waals surface area contributed by atoms with E-state index in [0.29, 0.717) is 5.57 Å². The summed E-state index contributed by atoms with van der Waals surface area (Å²) in [7, 11) is -3.82. The van der Waals surface area contributed by atoms with Crippen LogP contribution in [0.15, 0.2) is 22.9 Å². The summed E-state index contributed by atoms with van der Waals surface area (Å²) in [5.41, 5.74) is 0.343. The van der Waals surface area contributed by atoms with Crippen LogP contribution in [0.5, 0.6) is 0 Å². The Kier molecular flexibility index (Phi) is 4.32. The molecule has 2 atom stereocenters. The first-order valence-electron chi connectivity index (χ1n) is 6.15. The maximum Gasteiger partial charge on any atom is 2.00 e. The molecular weight excluding hydrogens is 325 g/mol. The van der Waals surface area contributed by atoms with Crippen molar-refractivity contribution < 1.29 is 23.1 Å². The Hall–Kier alpha value is -1.46. The van der Waals surface area contributed by atoms with Crippen molar-refractivity contribution in [2.75, 3.05) is 0 Å². The third-order valence-corrected chi connectivity index (χ3v) is 5.96. The van der Waals surface area contributed by atoms with Crippen molar-refractivity contribution in [2.24, 2.45) is 0 Å². The SMILES string of the molecule is C/C(Cn1ccnn1)=C1/[C@H](C(=O)O)N2C(=O)CC2S1(=O)=O.[Mg+2]. The van der Waals surface area contributed by atoms with Crippen LogP contribution in [0, 0.1) is 0 Å². The molecule has 2 aliphatic heterocycles. The Morgan fingerprint density at radius 2 is 2.18 bits per heavy atom. The van der Waals surface area contributed by atoms with Crippen molar-refractivity contribution in [1.29, 1.82) is 0 Å². The van der Waals surface area contributed by atoms with Gasteiger partial charge in [0.2, 0.25) is 5.91 Å². The van der Waals surface area contributed by atoms with E-state index >= 15 is 0 Å². The maximum absolute atomic E-state index is 12.4. The quantitative estimate of drug-likeness (QED) is 0.532. The monoisotopic (exact) mass is 336 g/mol. The summed E-state index contributed by atoms with van der Waals surface area (Å²) >= 11 is 0. The topological polar surface area (TPSA) is 122 Å². The Morgan fingerprint density at radius 1 is 1.50 bits per heavy atom. The number of rotatable bonds is 3. The summed E-state index contributed by atoms with van der Waals surface area (Å²) in [4.78, 5) is 23.7. The minimum atomic E-state index is -3.82. The average Bonchev–Trinajstić information content (AvgIpc) is 2.92. The zero-order valence-corrected chi connectivity index (χ0v) is 13.9. The van der Waals surface area contributed by atoms with Crippen LogP contribution < -0.4 is 0 Å². The number of aliphatic carboxylic acids is 1. The van der Waals surface area contributed by atoms with Gasteiger partial charge in [0.05, 0.1) is 24.1 Å². The molecule has 1 aromatic heterocycles. The van der Waals surface area contributed by atoms with Gasteiger partial charge in [-0.05, 0) is 12.5 Å². The van der Waals surface area contributed by atoms with Crippen LogP contribution in [0.1, 0.15) is 13.3 Å². The molecule has 1 N–H and O–H groups in total. The predicted octanol–water partition coefficient (Wildman–Crippen LogP) is -1.39. The van der Waals surface area contributed by atoms with Gasteiger partial charge in [-0.15, -0.1) is 5.10 Å². The number of hydrogen-bond acceptors (Lipinski definition) is 6. The second-order valence-electron chi connectivity index (χ2n) is 4.99. The Labute approximate surface area is 142 Å². The Bertz CT molecular complexity index is 757. The van der Waals surface area contributed by atoms with Gasteiger partial charge in [-0.1, -0.05) is 5.21 Å². The Balaban J connectivity index is 0.00000176. The molecule has 0 radical (unpaired) electrons. The molecule has 1 unspecified atom stereocenters. The normalized spacial score (nSPS) is 27.7. The van der Waals surface area contributed by atoms with E-state index in [0.717, 1.165) is 4.90 Å². The number of carbonyl (C=O) groups excluding carboxylic acids is 1. The van der Waals surface area contributed by atoms with Gasteiger partial charge in [0.15, 0.2) is 15.9 Å². The van der Waals surface area contributed by atoms with E-state index < -0.39 is 33.1 Å². The van der Waals surface area contributed by atoms with E-state index in [9.17, 15) is 23.1 Å². The van der Waals surface area contributed by atoms with Gasteiger partial charge in [0.1, 0.15) is 5.37 Å². The number of β-lactam (4-membered cyclic amide) rings is 1. The van der Waals surface area contributed by atoms with Gasteiger partial charge in [-0.3, -0.25) is 4.79 Å². The molecule has 112 valence electrons. The molecule has 2 aliphatic rings. The third kappa shape index (κ3) is 2.32. The second-order valence-corrected chi connectivity index (χ2v) is 7.06. The minimum Gasteiger partial charge on any atom is -0.479 e. The largest absolute Gasteiger partial charge is 2.00 e. The molecule has 2 saturated heterocycles. The molecule has 0 aromatic carbocycles. The van der Waals surface area contributed by atoms with Gasteiger partial charge in [-0.2, -0.15) is 0 Å². The van der Waals surface area contributed by atoms with Crippen molar-refractivity contribution in [3.8, 4) is 0 Å². The fraction of sp³-hybridized carbons (Fsp3) is 0.455. The van der Waals surface area contributed by atoms with Gasteiger partial charge < -0.3 is 10.0 Å². The third-order valence-electron chi connectivity index (χ3n) is 3.66. The van der Waals surface area contributed by atoms with Crippen LogP contribution in [0.4, 0.5) is 0 Å². The first-order valence-corrected chi connectivity index (χ1v) is 7.70. The van der Waals surface area contributed by atoms with Crippen molar-refractivity contribution >= 4 is 44.8 Å². The minimum absolute atomic E-state index is 0. The standard InChI is InChI=1S/C11H12N4O5S.Mg/c1-6(5-14-3-2-12-13-14)10-9(11(17)18)15-7(16)4-8(15)21(10,19)20;/h2-3,8-9H,4-5H2,1H3,(H,17,18);/q;+2/b10-6+;/t8?,9-;/m1./s1. The number of allylic oxidation sites excluding steroid dienone is 1. The number of sulfone groups is 1. The van der Waals surface area contributed by atoms with Crippen molar-refractivity contribution in [3.63, 3.8) is 0 Å². The molecule has 3 heterocycles. The molecule has 0 aliphatic carbocycles. The first-order chi connectivity index (χ1) is 9.84. The van der Waals surface area contributed by atoms with Gasteiger partial charge in [-0.25, -0.2) is 17.9 Å². The van der Waals surface area contributed by atoms with Crippen LogP contribution in [-0.4, -0.2) is 79.8 Å². The zero-order valence-electron chi connectivity index (χ0n) is 11.7. The predicted molar refractivity (Wildman–Crippen MR) is 74.1 cm³/mol. The summed E-state index contributed by atoms with van der Waals surface area (Å²) in [6.45, 7) is 1.63. The summed E-state index contributed by atoms with van der Waals surface area (Å²) in [6.07, 6.45) is 2.82. The van der Waals surface area contributed by atoms with Crippen molar-refractivity contribution in [1.82, 2.24) is 19.9 Å².